The highest BCUT2D eigenvalue weighted by Gasteiger charge is 2.31. The van der Waals surface area contributed by atoms with Crippen LogP contribution >= 0.6 is 0 Å². The van der Waals surface area contributed by atoms with E-state index < -0.39 is 11.4 Å². The predicted molar refractivity (Wildman–Crippen MR) is 134 cm³/mol. The number of nitrogen functional groups attached to an aromatic ring is 1. The fraction of sp³-hybridized carbons (Fsp3) is 0.500. The van der Waals surface area contributed by atoms with Crippen LogP contribution in [0.2, 0.25) is 0 Å². The maximum Gasteiger partial charge on any atom is 0.223 e. The molecular weight excluding hydrogens is 451 g/mol. The Morgan fingerprint density at radius 3 is 2.83 bits per heavy atom. The van der Waals surface area contributed by atoms with Crippen LogP contribution in [0.25, 0.3) is 16.6 Å². The van der Waals surface area contributed by atoms with Crippen molar-refractivity contribution in [3.05, 3.63) is 35.7 Å². The van der Waals surface area contributed by atoms with E-state index >= 15 is 0 Å². The SMILES string of the molecule is C=NN(/C=C(\C)N1CC[C@H](C)[C@@H](c2nc3c4cc(F)c(OC)cc4nc(N)n3n2)C1)CC(C)(C)O. The van der Waals surface area contributed by atoms with Gasteiger partial charge in [0.1, 0.15) is 0 Å². The number of anilines is 1. The van der Waals surface area contributed by atoms with Crippen LogP contribution < -0.4 is 10.5 Å². The van der Waals surface area contributed by atoms with E-state index in [2.05, 4.69) is 33.7 Å². The first-order chi connectivity index (χ1) is 16.5. The summed E-state index contributed by atoms with van der Waals surface area (Å²) in [4.78, 5) is 11.4. The number of piperidine rings is 1. The molecule has 2 atom stereocenters. The molecule has 3 N–H and O–H groups in total. The standard InChI is InChI=1S/C24H33FN8O2/c1-14-7-8-31(15(2)11-32(27-5)13-24(3,4)34)12-17(14)21-29-22-16-9-18(25)20(35-6)10-19(16)28-23(26)33(22)30-21/h9-11,14,17,34H,5,7-8,12-13H2,1-4,6H3,(H2,26,28)/b15-11+/t14-,17-/m0/s1. The summed E-state index contributed by atoms with van der Waals surface area (Å²) in [5.41, 5.74) is 7.24. The minimum absolute atomic E-state index is 0.0315. The van der Waals surface area contributed by atoms with Crippen molar-refractivity contribution in [2.75, 3.05) is 32.5 Å². The van der Waals surface area contributed by atoms with Crippen LogP contribution in [0, 0.1) is 11.7 Å². The number of rotatable bonds is 7. The van der Waals surface area contributed by atoms with Gasteiger partial charge in [-0.2, -0.15) is 9.62 Å². The molecule has 4 rings (SSSR count). The van der Waals surface area contributed by atoms with Crippen LogP contribution in [0.15, 0.2) is 29.1 Å². The van der Waals surface area contributed by atoms with Crippen molar-refractivity contribution < 1.29 is 14.2 Å². The Hall–Kier alpha value is -3.47. The lowest BCUT2D eigenvalue weighted by Crippen LogP contribution is -2.39. The zero-order valence-corrected chi connectivity index (χ0v) is 20.9. The second-order valence-electron chi connectivity index (χ2n) is 9.82. The number of likely N-dealkylation sites (tertiary alicyclic amines) is 1. The smallest absolute Gasteiger partial charge is 0.223 e. The number of hydrogen-bond donors (Lipinski definition) is 2. The summed E-state index contributed by atoms with van der Waals surface area (Å²) in [6.07, 6.45) is 2.83. The number of ether oxygens (including phenoxy) is 1. The van der Waals surface area contributed by atoms with Crippen molar-refractivity contribution in [1.82, 2.24) is 29.5 Å². The third kappa shape index (κ3) is 5.00. The van der Waals surface area contributed by atoms with E-state index in [1.54, 1.807) is 18.9 Å². The largest absolute Gasteiger partial charge is 0.494 e. The van der Waals surface area contributed by atoms with Gasteiger partial charge in [0.15, 0.2) is 23.0 Å². The molecule has 3 aromatic rings. The second kappa shape index (κ2) is 9.29. The van der Waals surface area contributed by atoms with Gasteiger partial charge in [0.25, 0.3) is 0 Å². The lowest BCUT2D eigenvalue weighted by atomic mass is 9.86. The molecule has 1 saturated heterocycles. The van der Waals surface area contributed by atoms with Crippen LogP contribution in [-0.2, 0) is 0 Å². The lowest BCUT2D eigenvalue weighted by molar-refractivity contribution is 0.0507. The van der Waals surface area contributed by atoms with E-state index in [-0.39, 0.29) is 17.6 Å². The topological polar surface area (TPSA) is 117 Å². The fourth-order valence-corrected chi connectivity index (χ4v) is 4.52. The Labute approximate surface area is 203 Å². The molecular formula is C24H33FN8O2. The number of benzene rings is 1. The highest BCUT2D eigenvalue weighted by molar-refractivity contribution is 5.93. The summed E-state index contributed by atoms with van der Waals surface area (Å²) in [5, 5.41) is 21.0. The zero-order valence-electron chi connectivity index (χ0n) is 20.9. The van der Waals surface area contributed by atoms with E-state index in [9.17, 15) is 9.50 Å². The molecule has 10 nitrogen and oxygen atoms in total. The molecule has 1 aromatic carbocycles. The van der Waals surface area contributed by atoms with Crippen LogP contribution in [0.1, 0.15) is 45.9 Å². The Morgan fingerprint density at radius 2 is 2.17 bits per heavy atom. The van der Waals surface area contributed by atoms with Gasteiger partial charge in [-0.3, -0.25) is 5.01 Å². The number of nitrogens with zero attached hydrogens (tertiary/aromatic N) is 7. The minimum atomic E-state index is -0.905. The maximum absolute atomic E-state index is 14.5. The summed E-state index contributed by atoms with van der Waals surface area (Å²) in [6, 6.07) is 2.87. The highest BCUT2D eigenvalue weighted by Crippen LogP contribution is 2.34. The zero-order chi connectivity index (χ0) is 25.5. The van der Waals surface area contributed by atoms with Crippen molar-refractivity contribution in [1.29, 1.82) is 0 Å². The summed E-state index contributed by atoms with van der Waals surface area (Å²) in [5.74, 6) is 0.781. The normalized spacial score (nSPS) is 19.4. The molecule has 0 unspecified atom stereocenters. The Bertz CT molecular complexity index is 1280. The molecule has 0 radical (unpaired) electrons. The van der Waals surface area contributed by atoms with Gasteiger partial charge in [0.05, 0.1) is 24.8 Å². The molecule has 0 saturated carbocycles. The van der Waals surface area contributed by atoms with Crippen molar-refractivity contribution >= 4 is 29.2 Å². The van der Waals surface area contributed by atoms with Gasteiger partial charge < -0.3 is 20.5 Å². The second-order valence-corrected chi connectivity index (χ2v) is 9.82. The number of hydrazone groups is 1. The molecule has 2 aromatic heterocycles. The Morgan fingerprint density at radius 1 is 1.43 bits per heavy atom. The Kier molecular flexibility index (Phi) is 6.54. The van der Waals surface area contributed by atoms with Gasteiger partial charge in [-0.1, -0.05) is 6.92 Å². The van der Waals surface area contributed by atoms with Crippen molar-refractivity contribution in [2.24, 2.45) is 11.0 Å². The van der Waals surface area contributed by atoms with Gasteiger partial charge in [0.2, 0.25) is 5.95 Å². The molecule has 0 spiro atoms. The van der Waals surface area contributed by atoms with E-state index in [0.717, 1.165) is 18.7 Å². The number of halogens is 1. The van der Waals surface area contributed by atoms with Crippen LogP contribution in [0.4, 0.5) is 10.3 Å². The molecule has 11 heteroatoms. The van der Waals surface area contributed by atoms with Gasteiger partial charge in [0, 0.05) is 49.1 Å². The van der Waals surface area contributed by atoms with Gasteiger partial charge in [-0.25, -0.2) is 14.4 Å². The lowest BCUT2D eigenvalue weighted by Gasteiger charge is -2.38. The number of hydrogen-bond acceptors (Lipinski definition) is 9. The Balaban J connectivity index is 1.67. The first-order valence-corrected chi connectivity index (χ1v) is 11.6. The summed E-state index contributed by atoms with van der Waals surface area (Å²) >= 11 is 0. The molecule has 1 aliphatic heterocycles. The highest BCUT2D eigenvalue weighted by atomic mass is 19.1. The summed E-state index contributed by atoms with van der Waals surface area (Å²) < 4.78 is 21.0. The molecule has 3 heterocycles. The van der Waals surface area contributed by atoms with Gasteiger partial charge in [-0.05, 0) is 39.2 Å². The first kappa shape index (κ1) is 24.6. The number of methoxy groups -OCH3 is 1. The van der Waals surface area contributed by atoms with Crippen LogP contribution in [0.3, 0.4) is 0 Å². The number of fused-ring (bicyclic) bond motifs is 3. The monoisotopic (exact) mass is 484 g/mol. The predicted octanol–water partition coefficient (Wildman–Crippen LogP) is 2.98. The first-order valence-electron chi connectivity index (χ1n) is 11.6. The molecule has 0 bridgehead atoms. The summed E-state index contributed by atoms with van der Waals surface area (Å²) in [6.45, 7) is 13.2. The minimum Gasteiger partial charge on any atom is -0.494 e. The number of nitrogens with two attached hydrogens (primary N) is 1. The molecule has 35 heavy (non-hydrogen) atoms. The number of aliphatic hydroxyl groups is 1. The number of aromatic nitrogens is 4. The van der Waals surface area contributed by atoms with Crippen LogP contribution in [0.5, 0.6) is 5.75 Å². The van der Waals surface area contributed by atoms with Gasteiger partial charge in [-0.15, -0.1) is 5.10 Å². The fourth-order valence-electron chi connectivity index (χ4n) is 4.52. The van der Waals surface area contributed by atoms with Crippen molar-refractivity contribution in [3.8, 4) is 5.75 Å². The van der Waals surface area contributed by atoms with E-state index in [1.165, 1.54) is 23.8 Å². The number of allylic oxidation sites excluding steroid dienone is 1. The summed E-state index contributed by atoms with van der Waals surface area (Å²) in [7, 11) is 1.41. The van der Waals surface area contributed by atoms with E-state index in [4.69, 9.17) is 15.5 Å². The molecule has 188 valence electrons. The molecule has 0 aliphatic carbocycles. The maximum atomic E-state index is 14.5. The van der Waals surface area contributed by atoms with Gasteiger partial charge >= 0.3 is 0 Å². The third-order valence-corrected chi connectivity index (χ3v) is 6.44. The molecule has 0 amide bonds. The third-order valence-electron chi connectivity index (χ3n) is 6.44. The quantitative estimate of drug-likeness (QED) is 0.388. The van der Waals surface area contributed by atoms with E-state index in [0.29, 0.717) is 41.4 Å². The average molecular weight is 485 g/mol. The van der Waals surface area contributed by atoms with Crippen molar-refractivity contribution in [2.45, 2.75) is 45.6 Å². The molecule has 1 fully saturated rings. The van der Waals surface area contributed by atoms with Crippen molar-refractivity contribution in [3.63, 3.8) is 0 Å². The van der Waals surface area contributed by atoms with Crippen LogP contribution in [-0.4, -0.2) is 73.7 Å². The average Bonchev–Trinajstić information content (AvgIpc) is 3.24. The molecule has 1 aliphatic rings. The van der Waals surface area contributed by atoms with E-state index in [1.807, 2.05) is 13.1 Å².